The second-order valence-corrected chi connectivity index (χ2v) is 15.0. The van der Waals surface area contributed by atoms with Crippen LogP contribution in [0.5, 0.6) is 5.88 Å². The lowest BCUT2D eigenvalue weighted by Crippen LogP contribution is -2.56. The van der Waals surface area contributed by atoms with Crippen molar-refractivity contribution in [1.29, 1.82) is 5.26 Å². The summed E-state index contributed by atoms with van der Waals surface area (Å²) in [5.74, 6) is -0.612. The molecule has 0 aliphatic rings. The number of aliphatic hydroxyl groups excluding tert-OH is 1. The van der Waals surface area contributed by atoms with Crippen LogP contribution in [0.15, 0.2) is 24.3 Å². The number of nitriles is 1. The molecule has 0 amide bonds. The number of aromatic nitrogens is 2. The third-order valence-electron chi connectivity index (χ3n) is 6.32. The van der Waals surface area contributed by atoms with Gasteiger partial charge in [0.05, 0.1) is 32.0 Å². The molecule has 1 unspecified atom stereocenters. The molecular formula is C24H34N4O4Si. The smallest absolute Gasteiger partial charge is 0.347 e. The van der Waals surface area contributed by atoms with Crippen molar-refractivity contribution in [2.24, 2.45) is 0 Å². The lowest BCUT2D eigenvalue weighted by Gasteiger charge is -2.43. The second kappa shape index (κ2) is 10.3. The van der Waals surface area contributed by atoms with Gasteiger partial charge >= 0.3 is 5.97 Å². The van der Waals surface area contributed by atoms with Crippen molar-refractivity contribution in [3.63, 3.8) is 0 Å². The molecule has 1 heterocycles. The second-order valence-electron chi connectivity index (χ2n) is 9.51. The zero-order chi connectivity index (χ0) is 25.0. The van der Waals surface area contributed by atoms with Gasteiger partial charge in [-0.05, 0) is 30.5 Å². The number of nitrogens with zero attached hydrogens (tertiary/aromatic N) is 3. The monoisotopic (exact) mass is 470 g/mol. The molecule has 0 fully saturated rings. The van der Waals surface area contributed by atoms with Crippen molar-refractivity contribution in [1.82, 2.24) is 9.97 Å². The Balaban J connectivity index is 2.61. The number of nitrogen functional groups attached to an aromatic ring is 1. The molecule has 3 N–H and O–H groups in total. The van der Waals surface area contributed by atoms with Gasteiger partial charge in [-0.2, -0.15) is 10.2 Å². The summed E-state index contributed by atoms with van der Waals surface area (Å²) in [6.07, 6.45) is -0.106. The summed E-state index contributed by atoms with van der Waals surface area (Å²) < 4.78 is 11.3. The van der Waals surface area contributed by atoms with Crippen LogP contribution in [-0.2, 0) is 4.74 Å². The van der Waals surface area contributed by atoms with Crippen molar-refractivity contribution < 1.29 is 19.4 Å². The summed E-state index contributed by atoms with van der Waals surface area (Å²) in [5, 5.41) is 20.4. The van der Waals surface area contributed by atoms with E-state index in [4.69, 9.17) is 15.2 Å². The Labute approximate surface area is 196 Å². The largest absolute Gasteiger partial charge is 0.471 e. The fourth-order valence-electron chi connectivity index (χ4n) is 3.22. The van der Waals surface area contributed by atoms with Gasteiger partial charge in [-0.3, -0.25) is 0 Å². The van der Waals surface area contributed by atoms with Gasteiger partial charge < -0.3 is 20.3 Å². The van der Waals surface area contributed by atoms with Crippen LogP contribution in [-0.4, -0.2) is 47.6 Å². The molecule has 0 spiro atoms. The van der Waals surface area contributed by atoms with Gasteiger partial charge in [-0.1, -0.05) is 52.9 Å². The van der Waals surface area contributed by atoms with Crippen molar-refractivity contribution >= 4 is 19.9 Å². The minimum atomic E-state index is -2.21. The molecule has 0 aliphatic carbocycles. The molecule has 2 atom stereocenters. The summed E-state index contributed by atoms with van der Waals surface area (Å²) in [4.78, 5) is 21.4. The SMILES string of the molecule is CCOC(=O)c1c(N)nc(-c2cccc(C#N)c2)nc1O[C@H](CC)C(O)[Si](C)(C)C(C)(C)C. The van der Waals surface area contributed by atoms with E-state index in [1.807, 2.05) is 6.92 Å². The van der Waals surface area contributed by atoms with Crippen molar-refractivity contribution in [3.8, 4) is 23.3 Å². The number of aliphatic hydroxyl groups is 1. The molecule has 0 saturated heterocycles. The van der Waals surface area contributed by atoms with Crippen LogP contribution in [0.1, 0.15) is 57.0 Å². The number of hydrogen-bond donors (Lipinski definition) is 2. The fraction of sp³-hybridized carbons (Fsp3) is 0.500. The van der Waals surface area contributed by atoms with E-state index in [1.54, 1.807) is 31.2 Å². The zero-order valence-corrected chi connectivity index (χ0v) is 21.5. The molecule has 2 rings (SSSR count). The maximum atomic E-state index is 12.7. The normalized spacial score (nSPS) is 13.7. The van der Waals surface area contributed by atoms with Crippen LogP contribution in [0.3, 0.4) is 0 Å². The quantitative estimate of drug-likeness (QED) is 0.430. The first kappa shape index (κ1) is 26.3. The number of ether oxygens (including phenoxy) is 2. The van der Waals surface area contributed by atoms with Crippen LogP contribution in [0.2, 0.25) is 18.1 Å². The molecule has 1 aromatic carbocycles. The van der Waals surface area contributed by atoms with Crippen LogP contribution >= 0.6 is 0 Å². The fourth-order valence-corrected chi connectivity index (χ4v) is 5.34. The summed E-state index contributed by atoms with van der Waals surface area (Å²) in [6, 6.07) is 8.83. The predicted octanol–water partition coefficient (Wildman–Crippen LogP) is 4.34. The Morgan fingerprint density at radius 1 is 1.27 bits per heavy atom. The highest BCUT2D eigenvalue weighted by Gasteiger charge is 2.45. The van der Waals surface area contributed by atoms with Crippen molar-refractivity contribution in [2.45, 2.75) is 71.0 Å². The Bertz CT molecular complexity index is 1040. The van der Waals surface area contributed by atoms with Gasteiger partial charge in [0.25, 0.3) is 0 Å². The first-order valence-electron chi connectivity index (χ1n) is 11.1. The van der Waals surface area contributed by atoms with E-state index in [2.05, 4.69) is 49.9 Å². The third kappa shape index (κ3) is 5.70. The topological polar surface area (TPSA) is 131 Å². The Kier molecular flexibility index (Phi) is 8.22. The third-order valence-corrected chi connectivity index (χ3v) is 12.0. The average molecular weight is 471 g/mol. The van der Waals surface area contributed by atoms with E-state index in [0.29, 0.717) is 17.5 Å². The number of anilines is 1. The molecule has 9 heteroatoms. The van der Waals surface area contributed by atoms with Gasteiger partial charge in [-0.25, -0.2) is 9.78 Å². The summed E-state index contributed by atoms with van der Waals surface area (Å²) in [6.45, 7) is 14.3. The number of hydrogen-bond acceptors (Lipinski definition) is 8. The van der Waals surface area contributed by atoms with E-state index < -0.39 is 25.9 Å². The van der Waals surface area contributed by atoms with Crippen LogP contribution in [0.4, 0.5) is 5.82 Å². The van der Waals surface area contributed by atoms with Gasteiger partial charge in [0.1, 0.15) is 11.9 Å². The minimum Gasteiger partial charge on any atom is -0.471 e. The number of esters is 1. The van der Waals surface area contributed by atoms with Crippen molar-refractivity contribution in [2.75, 3.05) is 12.3 Å². The van der Waals surface area contributed by atoms with Crippen LogP contribution < -0.4 is 10.5 Å². The molecule has 0 saturated carbocycles. The summed E-state index contributed by atoms with van der Waals surface area (Å²) in [7, 11) is -2.21. The molecular weight excluding hydrogens is 436 g/mol. The molecule has 8 nitrogen and oxygen atoms in total. The standard InChI is InChI=1S/C24H34N4O4Si/c1-8-17(23(30)33(6,7)24(3,4)5)32-21-18(22(29)31-9-2)19(26)27-20(28-21)16-12-10-11-15(13-16)14-25/h10-13,17,23,30H,8-9H2,1-7H3,(H2,26,27,28)/t17-,23?/m1/s1. The van der Waals surface area contributed by atoms with E-state index in [0.717, 1.165) is 0 Å². The van der Waals surface area contributed by atoms with E-state index in [-0.39, 0.29) is 34.7 Å². The molecule has 33 heavy (non-hydrogen) atoms. The molecule has 1 aromatic heterocycles. The highest BCUT2D eigenvalue weighted by molar-refractivity contribution is 6.81. The zero-order valence-electron chi connectivity index (χ0n) is 20.5. The Hall–Kier alpha value is -2.96. The number of carbonyl (C=O) groups excluding carboxylic acids is 1. The van der Waals surface area contributed by atoms with Crippen LogP contribution in [0.25, 0.3) is 11.4 Å². The molecule has 2 aromatic rings. The van der Waals surface area contributed by atoms with Gasteiger partial charge in [0.15, 0.2) is 11.4 Å². The number of carbonyl (C=O) groups is 1. The maximum absolute atomic E-state index is 12.7. The lowest BCUT2D eigenvalue weighted by atomic mass is 10.1. The Morgan fingerprint density at radius 2 is 1.94 bits per heavy atom. The molecule has 0 aliphatic heterocycles. The van der Waals surface area contributed by atoms with Crippen molar-refractivity contribution in [3.05, 3.63) is 35.4 Å². The Morgan fingerprint density at radius 3 is 2.48 bits per heavy atom. The van der Waals surface area contributed by atoms with E-state index in [1.165, 1.54) is 0 Å². The predicted molar refractivity (Wildman–Crippen MR) is 130 cm³/mol. The van der Waals surface area contributed by atoms with Gasteiger partial charge in [0.2, 0.25) is 5.88 Å². The maximum Gasteiger partial charge on any atom is 0.347 e. The highest BCUT2D eigenvalue weighted by atomic mass is 28.3. The first-order valence-corrected chi connectivity index (χ1v) is 14.1. The lowest BCUT2D eigenvalue weighted by molar-refractivity contribution is 0.0491. The summed E-state index contributed by atoms with van der Waals surface area (Å²) in [5.41, 5.74) is 6.36. The average Bonchev–Trinajstić information content (AvgIpc) is 2.75. The van der Waals surface area contributed by atoms with E-state index in [9.17, 15) is 15.2 Å². The highest BCUT2D eigenvalue weighted by Crippen LogP contribution is 2.40. The first-order chi connectivity index (χ1) is 15.4. The van der Waals surface area contributed by atoms with Gasteiger partial charge in [-0.15, -0.1) is 0 Å². The van der Waals surface area contributed by atoms with Gasteiger partial charge in [0, 0.05) is 5.56 Å². The molecule has 178 valence electrons. The number of nitrogens with two attached hydrogens (primary N) is 1. The van der Waals surface area contributed by atoms with Crippen LogP contribution in [0, 0.1) is 11.3 Å². The molecule has 0 radical (unpaired) electrons. The molecule has 0 bridgehead atoms. The minimum absolute atomic E-state index is 0.0390. The number of rotatable bonds is 8. The van der Waals surface area contributed by atoms with E-state index >= 15 is 0 Å². The number of benzene rings is 1. The summed E-state index contributed by atoms with van der Waals surface area (Å²) >= 11 is 0.